The third kappa shape index (κ3) is 3.92. The minimum atomic E-state index is -1.01. The fourth-order valence-corrected chi connectivity index (χ4v) is 2.50. The molecule has 20 heavy (non-hydrogen) atoms. The number of aromatic nitrogens is 4. The quantitative estimate of drug-likeness (QED) is 0.671. The summed E-state index contributed by atoms with van der Waals surface area (Å²) in [6.07, 6.45) is 3.24. The maximum atomic E-state index is 11.8. The summed E-state index contributed by atoms with van der Waals surface area (Å²) in [5, 5.41) is 23.4. The van der Waals surface area contributed by atoms with Gasteiger partial charge in [-0.25, -0.2) is 9.48 Å². The second-order valence-corrected chi connectivity index (χ2v) is 5.62. The summed E-state index contributed by atoms with van der Waals surface area (Å²) in [5.74, 6) is -1.21. The number of tetrazole rings is 1. The van der Waals surface area contributed by atoms with E-state index in [0.29, 0.717) is 24.0 Å². The molecule has 0 aromatic carbocycles. The lowest BCUT2D eigenvalue weighted by molar-refractivity contribution is -0.141. The zero-order valence-electron chi connectivity index (χ0n) is 11.2. The number of carbonyl (C=O) groups is 2. The second kappa shape index (κ2) is 6.69. The van der Waals surface area contributed by atoms with Crippen LogP contribution in [0.4, 0.5) is 0 Å². The second-order valence-electron chi connectivity index (χ2n) is 4.67. The van der Waals surface area contributed by atoms with Crippen LogP contribution in [0.2, 0.25) is 0 Å². The Balaban J connectivity index is 1.82. The number of hydrogen-bond donors (Lipinski definition) is 2. The van der Waals surface area contributed by atoms with Crippen molar-refractivity contribution in [2.45, 2.75) is 49.8 Å². The molecule has 0 spiro atoms. The molecule has 0 aliphatic heterocycles. The molecular formula is C11H17N5O3S. The van der Waals surface area contributed by atoms with Gasteiger partial charge in [0.05, 0.1) is 11.8 Å². The van der Waals surface area contributed by atoms with Gasteiger partial charge in [-0.15, -0.1) is 5.10 Å². The Hall–Kier alpha value is -1.64. The fraction of sp³-hybridized carbons (Fsp3) is 0.727. The van der Waals surface area contributed by atoms with Crippen molar-refractivity contribution in [3.63, 3.8) is 0 Å². The Labute approximate surface area is 120 Å². The maximum absolute atomic E-state index is 11.8. The van der Waals surface area contributed by atoms with Crippen LogP contribution in [0.15, 0.2) is 5.16 Å². The summed E-state index contributed by atoms with van der Waals surface area (Å²) < 4.78 is 1.72. The molecule has 110 valence electrons. The molecule has 1 atom stereocenters. The third-order valence-electron chi connectivity index (χ3n) is 2.90. The van der Waals surface area contributed by atoms with Gasteiger partial charge in [-0.3, -0.25) is 4.79 Å². The van der Waals surface area contributed by atoms with Crippen LogP contribution >= 0.6 is 11.8 Å². The van der Waals surface area contributed by atoms with Crippen LogP contribution in [-0.4, -0.2) is 49.0 Å². The van der Waals surface area contributed by atoms with Gasteiger partial charge in [-0.2, -0.15) is 0 Å². The van der Waals surface area contributed by atoms with E-state index in [1.165, 1.54) is 11.8 Å². The van der Waals surface area contributed by atoms with Crippen molar-refractivity contribution in [3.05, 3.63) is 0 Å². The lowest BCUT2D eigenvalue weighted by Gasteiger charge is -2.13. The van der Waals surface area contributed by atoms with Gasteiger partial charge in [0.1, 0.15) is 6.04 Å². The highest BCUT2D eigenvalue weighted by Gasteiger charge is 2.28. The first-order valence-electron chi connectivity index (χ1n) is 6.54. The Morgan fingerprint density at radius 2 is 2.30 bits per heavy atom. The number of rotatable bonds is 8. The Morgan fingerprint density at radius 3 is 2.90 bits per heavy atom. The largest absolute Gasteiger partial charge is 0.480 e. The molecule has 1 heterocycles. The van der Waals surface area contributed by atoms with Crippen molar-refractivity contribution in [2.75, 3.05) is 5.75 Å². The van der Waals surface area contributed by atoms with E-state index >= 15 is 0 Å². The molecule has 1 aromatic rings. The number of carboxylic acids is 1. The number of thioether (sulfide) groups is 1. The predicted molar refractivity (Wildman–Crippen MR) is 71.3 cm³/mol. The van der Waals surface area contributed by atoms with Gasteiger partial charge in [-0.05, 0) is 29.7 Å². The van der Waals surface area contributed by atoms with Crippen LogP contribution < -0.4 is 5.32 Å². The zero-order chi connectivity index (χ0) is 14.5. The summed E-state index contributed by atoms with van der Waals surface area (Å²) >= 11 is 1.22. The van der Waals surface area contributed by atoms with Crippen molar-refractivity contribution in [3.8, 4) is 0 Å². The van der Waals surface area contributed by atoms with Crippen LogP contribution in [0.3, 0.4) is 0 Å². The van der Waals surface area contributed by atoms with Crippen LogP contribution in [0, 0.1) is 0 Å². The summed E-state index contributed by atoms with van der Waals surface area (Å²) in [6.45, 7) is 1.88. The van der Waals surface area contributed by atoms with Crippen molar-refractivity contribution < 1.29 is 14.7 Å². The van der Waals surface area contributed by atoms with Gasteiger partial charge < -0.3 is 10.4 Å². The first kappa shape index (κ1) is 14.8. The molecule has 2 N–H and O–H groups in total. The summed E-state index contributed by atoms with van der Waals surface area (Å²) in [6, 6.07) is -0.477. The van der Waals surface area contributed by atoms with E-state index < -0.39 is 12.0 Å². The molecule has 2 rings (SSSR count). The molecule has 1 aromatic heterocycles. The van der Waals surface area contributed by atoms with E-state index in [1.54, 1.807) is 4.68 Å². The highest BCUT2D eigenvalue weighted by molar-refractivity contribution is 7.99. The fourth-order valence-electron chi connectivity index (χ4n) is 1.74. The van der Waals surface area contributed by atoms with E-state index in [2.05, 4.69) is 20.8 Å². The first-order chi connectivity index (χ1) is 9.61. The number of carbonyl (C=O) groups excluding carboxylic acids is 1. The van der Waals surface area contributed by atoms with E-state index in [-0.39, 0.29) is 11.7 Å². The van der Waals surface area contributed by atoms with Crippen LogP contribution in [-0.2, 0) is 9.59 Å². The molecule has 8 nitrogen and oxygen atoms in total. The van der Waals surface area contributed by atoms with Gasteiger partial charge in [0.25, 0.3) is 0 Å². The number of amides is 1. The SMILES string of the molecule is CCC[C@H](NC(=O)CSc1nnnn1C1CC1)C(=O)O. The average Bonchev–Trinajstić information content (AvgIpc) is 3.14. The number of hydrogen-bond acceptors (Lipinski definition) is 6. The summed E-state index contributed by atoms with van der Waals surface area (Å²) in [4.78, 5) is 22.7. The van der Waals surface area contributed by atoms with Crippen molar-refractivity contribution in [1.29, 1.82) is 0 Å². The molecule has 0 bridgehead atoms. The minimum absolute atomic E-state index is 0.112. The van der Waals surface area contributed by atoms with Gasteiger partial charge in [0, 0.05) is 0 Å². The van der Waals surface area contributed by atoms with Gasteiger partial charge in [0.15, 0.2) is 0 Å². The molecule has 0 unspecified atom stereocenters. The standard InChI is InChI=1S/C11H17N5O3S/c1-2-3-8(10(18)19)12-9(17)6-20-11-13-14-15-16(11)7-4-5-7/h7-8H,2-6H2,1H3,(H,12,17)(H,18,19)/t8-/m0/s1. The lowest BCUT2D eigenvalue weighted by atomic mass is 10.2. The molecule has 0 radical (unpaired) electrons. The van der Waals surface area contributed by atoms with Crippen molar-refractivity contribution >= 4 is 23.6 Å². The normalized spacial score (nSPS) is 15.8. The molecule has 1 fully saturated rings. The van der Waals surface area contributed by atoms with Gasteiger partial charge >= 0.3 is 5.97 Å². The molecule has 0 saturated heterocycles. The van der Waals surface area contributed by atoms with E-state index in [0.717, 1.165) is 12.8 Å². The van der Waals surface area contributed by atoms with Crippen LogP contribution in [0.5, 0.6) is 0 Å². The van der Waals surface area contributed by atoms with Crippen LogP contribution in [0.1, 0.15) is 38.6 Å². The summed E-state index contributed by atoms with van der Waals surface area (Å²) in [7, 11) is 0. The Bertz CT molecular complexity index is 488. The van der Waals surface area contributed by atoms with Crippen LogP contribution in [0.25, 0.3) is 0 Å². The Morgan fingerprint density at radius 1 is 1.55 bits per heavy atom. The highest BCUT2D eigenvalue weighted by Crippen LogP contribution is 2.36. The minimum Gasteiger partial charge on any atom is -0.480 e. The van der Waals surface area contributed by atoms with E-state index in [1.807, 2.05) is 6.92 Å². The first-order valence-corrected chi connectivity index (χ1v) is 7.53. The predicted octanol–water partition coefficient (Wildman–Crippen LogP) is 0.470. The monoisotopic (exact) mass is 299 g/mol. The average molecular weight is 299 g/mol. The smallest absolute Gasteiger partial charge is 0.326 e. The number of aliphatic carboxylic acids is 1. The number of nitrogens with zero attached hydrogens (tertiary/aromatic N) is 4. The molecule has 1 saturated carbocycles. The number of carboxylic acid groups (broad SMARTS) is 1. The third-order valence-corrected chi connectivity index (χ3v) is 3.83. The number of nitrogens with one attached hydrogen (secondary N) is 1. The maximum Gasteiger partial charge on any atom is 0.326 e. The molecule has 1 aliphatic rings. The van der Waals surface area contributed by atoms with Gasteiger partial charge in [0.2, 0.25) is 11.1 Å². The van der Waals surface area contributed by atoms with E-state index in [9.17, 15) is 9.59 Å². The van der Waals surface area contributed by atoms with E-state index in [4.69, 9.17) is 5.11 Å². The Kier molecular flexibility index (Phi) is 4.94. The molecular weight excluding hydrogens is 282 g/mol. The highest BCUT2D eigenvalue weighted by atomic mass is 32.2. The molecule has 1 aliphatic carbocycles. The van der Waals surface area contributed by atoms with Crippen molar-refractivity contribution in [2.24, 2.45) is 0 Å². The van der Waals surface area contributed by atoms with Gasteiger partial charge in [-0.1, -0.05) is 25.1 Å². The van der Waals surface area contributed by atoms with Crippen molar-refractivity contribution in [1.82, 2.24) is 25.5 Å². The molecule has 1 amide bonds. The zero-order valence-corrected chi connectivity index (χ0v) is 12.0. The lowest BCUT2D eigenvalue weighted by Crippen LogP contribution is -2.41. The summed E-state index contributed by atoms with van der Waals surface area (Å²) in [5.41, 5.74) is 0. The topological polar surface area (TPSA) is 110 Å². The molecule has 9 heteroatoms.